The van der Waals surface area contributed by atoms with E-state index < -0.39 is 40.9 Å². The zero-order valence-electron chi connectivity index (χ0n) is 14.4. The van der Waals surface area contributed by atoms with Crippen molar-refractivity contribution in [2.75, 3.05) is 18.4 Å². The summed E-state index contributed by atoms with van der Waals surface area (Å²) in [5.74, 6) is -3.94. The molecule has 2 N–H and O–H groups in total. The van der Waals surface area contributed by atoms with Crippen molar-refractivity contribution in [3.05, 3.63) is 23.8 Å². The number of likely N-dealkylation sites (tertiary alicyclic amines) is 1. The van der Waals surface area contributed by atoms with E-state index in [9.17, 15) is 18.4 Å². The average Bonchev–Trinajstić information content (AvgIpc) is 2.50. The lowest BCUT2D eigenvalue weighted by molar-refractivity contribution is -0.143. The second-order valence-electron chi connectivity index (χ2n) is 7.04. The van der Waals surface area contributed by atoms with Crippen LogP contribution in [0.5, 0.6) is 5.75 Å². The van der Waals surface area contributed by atoms with Gasteiger partial charge in [0.1, 0.15) is 5.60 Å². The molecule has 0 aromatic heterocycles. The van der Waals surface area contributed by atoms with Crippen LogP contribution >= 0.6 is 0 Å². The Morgan fingerprint density at radius 2 is 1.88 bits per heavy atom. The second kappa shape index (κ2) is 7.25. The highest BCUT2D eigenvalue weighted by atomic mass is 19.1. The van der Waals surface area contributed by atoms with Crippen LogP contribution in [0, 0.1) is 17.6 Å². The quantitative estimate of drug-likeness (QED) is 0.869. The predicted octanol–water partition coefficient (Wildman–Crippen LogP) is 3.47. The molecule has 1 fully saturated rings. The van der Waals surface area contributed by atoms with Gasteiger partial charge >= 0.3 is 12.0 Å². The zero-order valence-corrected chi connectivity index (χ0v) is 14.4. The Morgan fingerprint density at radius 1 is 1.28 bits per heavy atom. The minimum atomic E-state index is -0.960. The Kier molecular flexibility index (Phi) is 5.49. The first-order valence-corrected chi connectivity index (χ1v) is 8.03. The van der Waals surface area contributed by atoms with Gasteiger partial charge in [-0.3, -0.25) is 4.79 Å². The van der Waals surface area contributed by atoms with E-state index in [0.29, 0.717) is 19.4 Å². The van der Waals surface area contributed by atoms with Crippen LogP contribution in [0.3, 0.4) is 0 Å². The summed E-state index contributed by atoms with van der Waals surface area (Å²) in [6, 6.07) is 1.36. The molecule has 25 heavy (non-hydrogen) atoms. The molecule has 0 saturated carbocycles. The summed E-state index contributed by atoms with van der Waals surface area (Å²) < 4.78 is 33.4. The molecular weight excluding hydrogens is 334 g/mol. The highest BCUT2D eigenvalue weighted by Gasteiger charge is 2.28. The maximum atomic E-state index is 14.1. The van der Waals surface area contributed by atoms with Gasteiger partial charge in [-0.2, -0.15) is 0 Å². The summed E-state index contributed by atoms with van der Waals surface area (Å²) in [5, 5.41) is 11.5. The molecule has 1 aromatic carbocycles. The van der Waals surface area contributed by atoms with Crippen LogP contribution in [0.25, 0.3) is 0 Å². The van der Waals surface area contributed by atoms with E-state index in [1.807, 2.05) is 0 Å². The number of rotatable bonds is 3. The third-order valence-electron chi connectivity index (χ3n) is 3.72. The van der Waals surface area contributed by atoms with Crippen molar-refractivity contribution in [1.29, 1.82) is 0 Å². The van der Waals surface area contributed by atoms with Gasteiger partial charge in [-0.15, -0.1) is 0 Å². The van der Waals surface area contributed by atoms with Crippen LogP contribution in [-0.2, 0) is 4.79 Å². The van der Waals surface area contributed by atoms with Crippen molar-refractivity contribution < 1.29 is 28.2 Å². The van der Waals surface area contributed by atoms with Crippen molar-refractivity contribution in [3.8, 4) is 5.75 Å². The predicted molar refractivity (Wildman–Crippen MR) is 87.7 cm³/mol. The maximum Gasteiger partial charge on any atom is 0.321 e. The van der Waals surface area contributed by atoms with Crippen molar-refractivity contribution in [2.24, 2.45) is 5.92 Å². The summed E-state index contributed by atoms with van der Waals surface area (Å²) in [5.41, 5.74) is -0.828. The number of halogens is 2. The molecule has 1 aromatic rings. The zero-order chi connectivity index (χ0) is 18.8. The first-order chi connectivity index (χ1) is 11.6. The van der Waals surface area contributed by atoms with Gasteiger partial charge in [-0.25, -0.2) is 13.6 Å². The molecule has 0 aliphatic carbocycles. The number of amides is 2. The summed E-state index contributed by atoms with van der Waals surface area (Å²) in [4.78, 5) is 24.6. The Balaban J connectivity index is 2.10. The SMILES string of the molecule is CC(C)(C)Oc1c(F)cc(NC(=O)N2CCCC(C(=O)O)C2)cc1F. The van der Waals surface area contributed by atoms with E-state index in [4.69, 9.17) is 9.84 Å². The highest BCUT2D eigenvalue weighted by Crippen LogP contribution is 2.29. The molecular formula is C17H22F2N2O4. The highest BCUT2D eigenvalue weighted by molar-refractivity contribution is 5.90. The minimum Gasteiger partial charge on any atom is -0.482 e. The topological polar surface area (TPSA) is 78.9 Å². The molecule has 2 rings (SSSR count). The number of hydrogen-bond donors (Lipinski definition) is 2. The summed E-state index contributed by atoms with van der Waals surface area (Å²) in [7, 11) is 0. The van der Waals surface area contributed by atoms with Gasteiger partial charge in [0.05, 0.1) is 5.92 Å². The number of carbonyl (C=O) groups excluding carboxylic acids is 1. The molecule has 0 spiro atoms. The minimum absolute atomic E-state index is 0.0568. The number of benzene rings is 1. The number of aliphatic carboxylic acids is 1. The summed E-state index contributed by atoms with van der Waals surface area (Å²) >= 11 is 0. The molecule has 0 radical (unpaired) electrons. The number of nitrogens with zero attached hydrogens (tertiary/aromatic N) is 1. The Labute approximate surface area is 144 Å². The van der Waals surface area contributed by atoms with Crippen LogP contribution < -0.4 is 10.1 Å². The van der Waals surface area contributed by atoms with Crippen molar-refractivity contribution >= 4 is 17.7 Å². The Morgan fingerprint density at radius 3 is 2.40 bits per heavy atom. The lowest BCUT2D eigenvalue weighted by atomic mass is 9.99. The molecule has 138 valence electrons. The smallest absolute Gasteiger partial charge is 0.321 e. The normalized spacial score (nSPS) is 18.0. The second-order valence-corrected chi connectivity index (χ2v) is 7.04. The number of nitrogens with one attached hydrogen (secondary N) is 1. The largest absolute Gasteiger partial charge is 0.482 e. The van der Waals surface area contributed by atoms with Gasteiger partial charge in [0, 0.05) is 30.9 Å². The number of carbonyl (C=O) groups is 2. The lowest BCUT2D eigenvalue weighted by Gasteiger charge is -2.30. The molecule has 1 aliphatic heterocycles. The first-order valence-electron chi connectivity index (χ1n) is 8.03. The van der Waals surface area contributed by atoms with Crippen LogP contribution in [0.2, 0.25) is 0 Å². The van der Waals surface area contributed by atoms with Gasteiger partial charge in [0.2, 0.25) is 0 Å². The molecule has 8 heteroatoms. The van der Waals surface area contributed by atoms with Crippen molar-refractivity contribution in [3.63, 3.8) is 0 Å². The Bertz CT molecular complexity index is 650. The van der Waals surface area contributed by atoms with Crippen LogP contribution in [0.4, 0.5) is 19.3 Å². The van der Waals surface area contributed by atoms with Crippen LogP contribution in [-0.4, -0.2) is 40.7 Å². The first kappa shape index (κ1) is 19.0. The molecule has 1 heterocycles. The number of hydrogen-bond acceptors (Lipinski definition) is 3. The molecule has 1 aliphatic rings. The molecule has 1 unspecified atom stereocenters. The van der Waals surface area contributed by atoms with E-state index in [1.165, 1.54) is 4.90 Å². The number of anilines is 1. The van der Waals surface area contributed by atoms with E-state index in [0.717, 1.165) is 12.1 Å². The fraction of sp³-hybridized carbons (Fsp3) is 0.529. The maximum absolute atomic E-state index is 14.1. The summed E-state index contributed by atoms with van der Waals surface area (Å²) in [6.07, 6.45) is 1.06. The van der Waals surface area contributed by atoms with Gasteiger partial charge in [-0.05, 0) is 33.6 Å². The van der Waals surface area contributed by atoms with Crippen molar-refractivity contribution in [2.45, 2.75) is 39.2 Å². The average molecular weight is 356 g/mol. The molecule has 2 amide bonds. The fourth-order valence-electron chi connectivity index (χ4n) is 2.60. The van der Waals surface area contributed by atoms with Crippen LogP contribution in [0.1, 0.15) is 33.6 Å². The number of carboxylic acids is 1. The monoisotopic (exact) mass is 356 g/mol. The molecule has 1 atom stereocenters. The molecule has 6 nitrogen and oxygen atoms in total. The lowest BCUT2D eigenvalue weighted by Crippen LogP contribution is -2.44. The van der Waals surface area contributed by atoms with E-state index in [-0.39, 0.29) is 12.2 Å². The number of piperidine rings is 1. The Hall–Kier alpha value is -2.38. The van der Waals surface area contributed by atoms with Crippen LogP contribution in [0.15, 0.2) is 12.1 Å². The number of urea groups is 1. The number of carboxylic acid groups (broad SMARTS) is 1. The summed E-state index contributed by atoms with van der Waals surface area (Å²) in [6.45, 7) is 5.45. The van der Waals surface area contributed by atoms with E-state index in [2.05, 4.69) is 5.32 Å². The van der Waals surface area contributed by atoms with E-state index >= 15 is 0 Å². The van der Waals surface area contributed by atoms with Gasteiger partial charge in [0.25, 0.3) is 0 Å². The van der Waals surface area contributed by atoms with E-state index in [1.54, 1.807) is 20.8 Å². The van der Waals surface area contributed by atoms with Gasteiger partial charge in [0.15, 0.2) is 17.4 Å². The third kappa shape index (κ3) is 5.04. The molecule has 1 saturated heterocycles. The van der Waals surface area contributed by atoms with Gasteiger partial charge < -0.3 is 20.1 Å². The van der Waals surface area contributed by atoms with Crippen molar-refractivity contribution in [1.82, 2.24) is 4.90 Å². The van der Waals surface area contributed by atoms with Gasteiger partial charge in [-0.1, -0.05) is 0 Å². The number of ether oxygens (including phenoxy) is 1. The fourth-order valence-corrected chi connectivity index (χ4v) is 2.60. The molecule has 0 bridgehead atoms. The standard InChI is InChI=1S/C17H22F2N2O4/c1-17(2,3)25-14-12(18)7-11(8-13(14)19)20-16(24)21-6-4-5-10(9-21)15(22)23/h7-8,10H,4-6,9H2,1-3H3,(H,20,24)(H,22,23). The third-order valence-corrected chi connectivity index (χ3v) is 3.72.